The van der Waals surface area contributed by atoms with Crippen LogP contribution < -0.4 is 11.1 Å². The van der Waals surface area contributed by atoms with Gasteiger partial charge in [0.15, 0.2) is 0 Å². The van der Waals surface area contributed by atoms with E-state index in [0.717, 1.165) is 0 Å². The van der Waals surface area contributed by atoms with Crippen molar-refractivity contribution in [2.75, 3.05) is 11.2 Å². The standard InChI is InChI=1S/C9H7Cl3N2O2/c10-3-7(15)14-8-5(11)1-4(9(13)16)2-6(8)12/h1-2H,3H2,(H2,13,16)(H,14,15). The number of nitrogens with one attached hydrogen (secondary N) is 1. The number of amides is 2. The van der Waals surface area contributed by atoms with Crippen LogP contribution in [0.3, 0.4) is 0 Å². The maximum Gasteiger partial charge on any atom is 0.248 e. The number of anilines is 1. The first-order chi connectivity index (χ1) is 7.45. The summed E-state index contributed by atoms with van der Waals surface area (Å²) in [6.45, 7) is 0. The lowest BCUT2D eigenvalue weighted by Crippen LogP contribution is -2.15. The minimum absolute atomic E-state index is 0.125. The predicted molar refractivity (Wildman–Crippen MR) is 64.3 cm³/mol. The van der Waals surface area contributed by atoms with Gasteiger partial charge >= 0.3 is 0 Å². The molecule has 4 nitrogen and oxygen atoms in total. The number of rotatable bonds is 3. The maximum absolute atomic E-state index is 11.1. The third-order valence-corrected chi connectivity index (χ3v) is 2.55. The molecule has 1 rings (SSSR count). The van der Waals surface area contributed by atoms with Crippen molar-refractivity contribution in [3.05, 3.63) is 27.7 Å². The fourth-order valence-corrected chi connectivity index (χ4v) is 1.66. The van der Waals surface area contributed by atoms with E-state index in [2.05, 4.69) is 5.32 Å². The molecule has 0 aliphatic carbocycles. The second-order valence-corrected chi connectivity index (χ2v) is 3.94. The summed E-state index contributed by atoms with van der Waals surface area (Å²) < 4.78 is 0. The van der Waals surface area contributed by atoms with Crippen LogP contribution in [0.4, 0.5) is 5.69 Å². The average molecular weight is 282 g/mol. The number of carbonyl (C=O) groups excluding carboxylic acids is 2. The summed E-state index contributed by atoms with van der Waals surface area (Å²) in [5, 5.41) is 2.66. The van der Waals surface area contributed by atoms with Gasteiger partial charge in [-0.15, -0.1) is 11.6 Å². The zero-order valence-corrected chi connectivity index (χ0v) is 10.2. The molecule has 0 radical (unpaired) electrons. The Bertz CT molecular complexity index is 425. The van der Waals surface area contributed by atoms with Gasteiger partial charge in [0.05, 0.1) is 15.7 Å². The van der Waals surface area contributed by atoms with E-state index in [1.54, 1.807) is 0 Å². The SMILES string of the molecule is NC(=O)c1cc(Cl)c(NC(=O)CCl)c(Cl)c1. The van der Waals surface area contributed by atoms with Gasteiger partial charge in [0.25, 0.3) is 0 Å². The van der Waals surface area contributed by atoms with Gasteiger partial charge in [0.2, 0.25) is 11.8 Å². The normalized spacial score (nSPS) is 9.94. The number of benzene rings is 1. The number of carbonyl (C=O) groups is 2. The molecule has 0 atom stereocenters. The fourth-order valence-electron chi connectivity index (χ4n) is 1.01. The third-order valence-electron chi connectivity index (χ3n) is 1.71. The molecular formula is C9H7Cl3N2O2. The summed E-state index contributed by atoms with van der Waals surface area (Å²) in [6, 6.07) is 2.64. The number of nitrogens with two attached hydrogens (primary N) is 1. The highest BCUT2D eigenvalue weighted by atomic mass is 35.5. The van der Waals surface area contributed by atoms with E-state index in [9.17, 15) is 9.59 Å². The quantitative estimate of drug-likeness (QED) is 0.834. The van der Waals surface area contributed by atoms with Crippen molar-refractivity contribution in [1.29, 1.82) is 0 Å². The summed E-state index contributed by atoms with van der Waals surface area (Å²) in [5.41, 5.74) is 5.44. The molecule has 1 aromatic carbocycles. The first-order valence-corrected chi connectivity index (χ1v) is 5.39. The van der Waals surface area contributed by atoms with Gasteiger partial charge in [-0.25, -0.2) is 0 Å². The second kappa shape index (κ2) is 5.39. The van der Waals surface area contributed by atoms with Gasteiger partial charge in [-0.05, 0) is 12.1 Å². The van der Waals surface area contributed by atoms with Crippen LogP contribution in [0.1, 0.15) is 10.4 Å². The summed E-state index contributed by atoms with van der Waals surface area (Å²) in [7, 11) is 0. The van der Waals surface area contributed by atoms with Crippen molar-refractivity contribution >= 4 is 52.3 Å². The summed E-state index contributed by atoms with van der Waals surface area (Å²) in [6.07, 6.45) is 0. The fraction of sp³-hybridized carbons (Fsp3) is 0.111. The minimum atomic E-state index is -0.654. The summed E-state index contributed by atoms with van der Waals surface area (Å²) >= 11 is 17.0. The molecule has 0 heterocycles. The Kier molecular flexibility index (Phi) is 4.41. The van der Waals surface area contributed by atoms with Crippen molar-refractivity contribution in [1.82, 2.24) is 0 Å². The molecule has 0 bridgehead atoms. The molecule has 0 spiro atoms. The first kappa shape index (κ1) is 13.1. The van der Waals surface area contributed by atoms with Crippen LogP contribution in [-0.4, -0.2) is 17.7 Å². The number of primary amides is 1. The van der Waals surface area contributed by atoms with Crippen LogP contribution in [0.25, 0.3) is 0 Å². The monoisotopic (exact) mass is 280 g/mol. The third kappa shape index (κ3) is 3.01. The molecule has 2 amide bonds. The van der Waals surface area contributed by atoms with E-state index in [1.807, 2.05) is 0 Å². The second-order valence-electron chi connectivity index (χ2n) is 2.86. The number of halogens is 3. The smallest absolute Gasteiger partial charge is 0.248 e. The highest BCUT2D eigenvalue weighted by Gasteiger charge is 2.12. The molecule has 0 unspecified atom stereocenters. The van der Waals surface area contributed by atoms with Crippen LogP contribution >= 0.6 is 34.8 Å². The summed E-state index contributed by atoms with van der Waals surface area (Å²) in [5.74, 6) is -1.32. The van der Waals surface area contributed by atoms with E-state index in [1.165, 1.54) is 12.1 Å². The summed E-state index contributed by atoms with van der Waals surface area (Å²) in [4.78, 5) is 21.9. The topological polar surface area (TPSA) is 72.2 Å². The lowest BCUT2D eigenvalue weighted by atomic mass is 10.2. The Morgan fingerprint density at radius 2 is 1.75 bits per heavy atom. The van der Waals surface area contributed by atoms with E-state index >= 15 is 0 Å². The molecule has 0 saturated heterocycles. The van der Waals surface area contributed by atoms with Crippen LogP contribution in [0.5, 0.6) is 0 Å². The van der Waals surface area contributed by atoms with Gasteiger partial charge in [-0.1, -0.05) is 23.2 Å². The Morgan fingerprint density at radius 1 is 1.25 bits per heavy atom. The largest absolute Gasteiger partial charge is 0.366 e. The molecule has 0 saturated carbocycles. The zero-order valence-electron chi connectivity index (χ0n) is 7.89. The van der Waals surface area contributed by atoms with Crippen LogP contribution in [-0.2, 0) is 4.79 Å². The molecule has 0 aromatic heterocycles. The molecule has 1 aromatic rings. The van der Waals surface area contributed by atoms with Gasteiger partial charge in [0, 0.05) is 5.56 Å². The van der Waals surface area contributed by atoms with E-state index in [0.29, 0.717) is 0 Å². The van der Waals surface area contributed by atoms with Gasteiger partial charge in [-0.2, -0.15) is 0 Å². The number of hydrogen-bond donors (Lipinski definition) is 2. The number of alkyl halides is 1. The minimum Gasteiger partial charge on any atom is -0.366 e. The van der Waals surface area contributed by atoms with Crippen LogP contribution in [0.15, 0.2) is 12.1 Å². The van der Waals surface area contributed by atoms with Crippen LogP contribution in [0, 0.1) is 0 Å². The molecule has 16 heavy (non-hydrogen) atoms. The molecular weight excluding hydrogens is 274 g/mol. The lowest BCUT2D eigenvalue weighted by molar-refractivity contribution is -0.113. The van der Waals surface area contributed by atoms with E-state index < -0.39 is 11.8 Å². The van der Waals surface area contributed by atoms with Crippen molar-refractivity contribution in [3.8, 4) is 0 Å². The van der Waals surface area contributed by atoms with E-state index in [4.69, 9.17) is 40.5 Å². The average Bonchev–Trinajstić information content (AvgIpc) is 2.22. The van der Waals surface area contributed by atoms with Crippen molar-refractivity contribution in [2.45, 2.75) is 0 Å². The molecule has 0 fully saturated rings. The van der Waals surface area contributed by atoms with Crippen molar-refractivity contribution in [3.63, 3.8) is 0 Å². The first-order valence-electron chi connectivity index (χ1n) is 4.10. The lowest BCUT2D eigenvalue weighted by Gasteiger charge is -2.09. The highest BCUT2D eigenvalue weighted by molar-refractivity contribution is 6.41. The van der Waals surface area contributed by atoms with Crippen molar-refractivity contribution in [2.24, 2.45) is 5.73 Å². The van der Waals surface area contributed by atoms with Gasteiger partial charge < -0.3 is 11.1 Å². The zero-order chi connectivity index (χ0) is 12.3. The van der Waals surface area contributed by atoms with E-state index in [-0.39, 0.29) is 27.2 Å². The molecule has 3 N–H and O–H groups in total. The van der Waals surface area contributed by atoms with Crippen molar-refractivity contribution < 1.29 is 9.59 Å². The predicted octanol–water partition coefficient (Wildman–Crippen LogP) is 2.27. The molecule has 0 aliphatic rings. The highest BCUT2D eigenvalue weighted by Crippen LogP contribution is 2.31. The van der Waals surface area contributed by atoms with Gasteiger partial charge in [-0.3, -0.25) is 9.59 Å². The molecule has 0 aliphatic heterocycles. The Labute approximate surface area is 107 Å². The molecule has 7 heteroatoms. The maximum atomic E-state index is 11.1. The Hall–Kier alpha value is -0.970. The Balaban J connectivity index is 3.12. The number of hydrogen-bond acceptors (Lipinski definition) is 2. The van der Waals surface area contributed by atoms with Gasteiger partial charge in [0.1, 0.15) is 5.88 Å². The van der Waals surface area contributed by atoms with Crippen LogP contribution in [0.2, 0.25) is 10.0 Å². The Morgan fingerprint density at radius 3 is 2.12 bits per heavy atom. The molecule has 86 valence electrons.